The Hall–Kier alpha value is -2.86. The highest BCUT2D eigenvalue weighted by molar-refractivity contribution is 14.1. The van der Waals surface area contributed by atoms with Crippen LogP contribution in [0.2, 0.25) is 0 Å². The molecular formula is C32H24I2N2O4S2. The number of hydrogen-bond acceptors (Lipinski definition) is 7. The van der Waals surface area contributed by atoms with E-state index in [0.29, 0.717) is 26.4 Å². The highest BCUT2D eigenvalue weighted by Gasteiger charge is 2.35. The number of nitrogens with zero attached hydrogens (tertiary/aromatic N) is 2. The SMILES string of the molecule is C#CCOc1c(I)cc(I)cc1/C=c1\sc2n(c1=O)[C@H](c1ccc(SC)cc1)C(C(=O)OCC)=C(c1ccccc1)N=2. The first-order valence-electron chi connectivity index (χ1n) is 12.8. The van der Waals surface area contributed by atoms with Gasteiger partial charge in [-0.05, 0) is 94.3 Å². The zero-order valence-electron chi connectivity index (χ0n) is 22.6. The number of fused-ring (bicyclic) bond motifs is 1. The van der Waals surface area contributed by atoms with E-state index >= 15 is 0 Å². The summed E-state index contributed by atoms with van der Waals surface area (Å²) in [4.78, 5) is 34.3. The second kappa shape index (κ2) is 13.6. The molecule has 0 N–H and O–H groups in total. The Morgan fingerprint density at radius 2 is 1.90 bits per heavy atom. The van der Waals surface area contributed by atoms with Gasteiger partial charge in [0, 0.05) is 19.6 Å². The third-order valence-electron chi connectivity index (χ3n) is 6.43. The summed E-state index contributed by atoms with van der Waals surface area (Å²) in [5.74, 6) is 2.61. The van der Waals surface area contributed by atoms with Crippen molar-refractivity contribution in [1.29, 1.82) is 0 Å². The van der Waals surface area contributed by atoms with Crippen molar-refractivity contribution in [3.05, 3.63) is 116 Å². The Balaban J connectivity index is 1.82. The van der Waals surface area contributed by atoms with E-state index < -0.39 is 12.0 Å². The van der Waals surface area contributed by atoms with Crippen LogP contribution < -0.4 is 19.6 Å². The van der Waals surface area contributed by atoms with Crippen LogP contribution in [0.1, 0.15) is 29.7 Å². The average Bonchev–Trinajstić information content (AvgIpc) is 3.30. The summed E-state index contributed by atoms with van der Waals surface area (Å²) < 4.78 is 15.4. The minimum Gasteiger partial charge on any atom is -0.479 e. The van der Waals surface area contributed by atoms with E-state index in [9.17, 15) is 9.59 Å². The van der Waals surface area contributed by atoms with Gasteiger partial charge >= 0.3 is 5.97 Å². The van der Waals surface area contributed by atoms with E-state index in [0.717, 1.165) is 28.7 Å². The highest BCUT2D eigenvalue weighted by atomic mass is 127. The van der Waals surface area contributed by atoms with Crippen molar-refractivity contribution in [2.24, 2.45) is 4.99 Å². The molecule has 10 heteroatoms. The van der Waals surface area contributed by atoms with Crippen molar-refractivity contribution in [2.45, 2.75) is 17.9 Å². The van der Waals surface area contributed by atoms with Gasteiger partial charge in [-0.1, -0.05) is 59.7 Å². The van der Waals surface area contributed by atoms with E-state index in [1.165, 1.54) is 11.3 Å². The van der Waals surface area contributed by atoms with Crippen molar-refractivity contribution in [3.63, 3.8) is 0 Å². The molecule has 4 aromatic rings. The number of hydrogen-bond donors (Lipinski definition) is 0. The van der Waals surface area contributed by atoms with E-state index in [-0.39, 0.29) is 18.8 Å². The number of benzene rings is 3. The topological polar surface area (TPSA) is 69.9 Å². The molecule has 0 saturated carbocycles. The van der Waals surface area contributed by atoms with Crippen LogP contribution in [0.3, 0.4) is 0 Å². The van der Waals surface area contributed by atoms with Gasteiger partial charge in [-0.3, -0.25) is 9.36 Å². The Morgan fingerprint density at radius 3 is 2.57 bits per heavy atom. The van der Waals surface area contributed by atoms with Crippen LogP contribution in [0.5, 0.6) is 5.75 Å². The summed E-state index contributed by atoms with van der Waals surface area (Å²) in [5, 5.41) is 0. The lowest BCUT2D eigenvalue weighted by molar-refractivity contribution is -0.138. The lowest BCUT2D eigenvalue weighted by atomic mass is 9.93. The van der Waals surface area contributed by atoms with E-state index in [1.54, 1.807) is 23.3 Å². The number of carbonyl (C=O) groups excluding carboxylic acids is 1. The van der Waals surface area contributed by atoms with Crippen LogP contribution in [0.15, 0.2) is 87.0 Å². The number of aromatic nitrogens is 1. The van der Waals surface area contributed by atoms with Crippen LogP contribution in [0.25, 0.3) is 11.8 Å². The molecule has 1 aromatic heterocycles. The molecule has 1 atom stereocenters. The number of terminal acetylenes is 1. The standard InChI is InChI=1S/C32H24I2N2O4S2/c1-4-15-40-29-21(16-22(33)18-24(29)34)17-25-30(37)36-28(20-11-13-23(41-3)14-12-20)26(31(38)39-5-2)27(35-32(36)42-25)19-9-7-6-8-10-19/h1,6-14,16-18,28H,5,15H2,2-3H3/b25-17-/t28-/m1/s1. The number of esters is 1. The second-order valence-corrected chi connectivity index (χ2v) is 13.3. The van der Waals surface area contributed by atoms with Gasteiger partial charge in [0.05, 0.1) is 32.0 Å². The van der Waals surface area contributed by atoms with Crippen LogP contribution in [0, 0.1) is 19.5 Å². The Kier molecular flexibility index (Phi) is 9.92. The molecule has 0 saturated heterocycles. The number of thiazole rings is 1. The lowest BCUT2D eigenvalue weighted by Gasteiger charge is -2.26. The molecule has 1 aliphatic rings. The molecule has 1 aliphatic heterocycles. The fraction of sp³-hybridized carbons (Fsp3) is 0.156. The second-order valence-electron chi connectivity index (χ2n) is 9.00. The van der Waals surface area contributed by atoms with Gasteiger partial charge in [-0.25, -0.2) is 9.79 Å². The molecule has 5 rings (SSSR count). The summed E-state index contributed by atoms with van der Waals surface area (Å²) in [6.07, 6.45) is 9.27. The number of thioether (sulfide) groups is 1. The molecule has 0 fully saturated rings. The molecule has 3 aromatic carbocycles. The normalized spacial score (nSPS) is 14.6. The maximum atomic E-state index is 14.2. The molecule has 42 heavy (non-hydrogen) atoms. The van der Waals surface area contributed by atoms with Gasteiger partial charge in [0.1, 0.15) is 12.4 Å². The fourth-order valence-corrected chi connectivity index (χ4v) is 8.08. The minimum absolute atomic E-state index is 0.105. The van der Waals surface area contributed by atoms with Gasteiger partial charge < -0.3 is 9.47 Å². The molecule has 0 amide bonds. The van der Waals surface area contributed by atoms with Crippen molar-refractivity contribution in [3.8, 4) is 18.1 Å². The van der Waals surface area contributed by atoms with Gasteiger partial charge in [0.15, 0.2) is 4.80 Å². The Labute approximate surface area is 278 Å². The molecule has 0 radical (unpaired) electrons. The maximum absolute atomic E-state index is 14.2. The molecule has 0 unspecified atom stereocenters. The minimum atomic E-state index is -0.734. The molecule has 0 spiro atoms. The summed E-state index contributed by atoms with van der Waals surface area (Å²) in [5.41, 5.74) is 2.84. The third kappa shape index (κ3) is 6.24. The number of ether oxygens (including phenoxy) is 2. The van der Waals surface area contributed by atoms with Crippen molar-refractivity contribution in [1.82, 2.24) is 4.57 Å². The Morgan fingerprint density at radius 1 is 1.17 bits per heavy atom. The van der Waals surface area contributed by atoms with Crippen LogP contribution in [0.4, 0.5) is 0 Å². The van der Waals surface area contributed by atoms with Crippen LogP contribution >= 0.6 is 68.3 Å². The first-order valence-corrected chi connectivity index (χ1v) is 17.0. The fourth-order valence-electron chi connectivity index (χ4n) is 4.64. The largest absolute Gasteiger partial charge is 0.479 e. The van der Waals surface area contributed by atoms with Crippen molar-refractivity contribution < 1.29 is 14.3 Å². The quantitative estimate of drug-likeness (QED) is 0.0963. The molecule has 0 bridgehead atoms. The zero-order chi connectivity index (χ0) is 29.8. The van der Waals surface area contributed by atoms with E-state index in [1.807, 2.05) is 79.1 Å². The van der Waals surface area contributed by atoms with Gasteiger partial charge in [-0.15, -0.1) is 18.2 Å². The number of halogens is 2. The molecule has 2 heterocycles. The first-order chi connectivity index (χ1) is 20.4. The maximum Gasteiger partial charge on any atom is 0.338 e. The summed E-state index contributed by atoms with van der Waals surface area (Å²) in [6.45, 7) is 2.06. The summed E-state index contributed by atoms with van der Waals surface area (Å²) >= 11 is 7.33. The smallest absolute Gasteiger partial charge is 0.338 e. The monoisotopic (exact) mass is 818 g/mol. The predicted octanol–water partition coefficient (Wildman–Crippen LogP) is 5.88. The first kappa shape index (κ1) is 30.6. The third-order valence-corrected chi connectivity index (χ3v) is 9.58. The molecule has 212 valence electrons. The van der Waals surface area contributed by atoms with Gasteiger partial charge in [0.25, 0.3) is 5.56 Å². The Bertz CT molecular complexity index is 1910. The average molecular weight is 818 g/mol. The van der Waals surface area contributed by atoms with Crippen LogP contribution in [-0.4, -0.2) is 30.0 Å². The molecule has 0 aliphatic carbocycles. The summed E-state index contributed by atoms with van der Waals surface area (Å²) in [6, 6.07) is 20.6. The van der Waals surface area contributed by atoms with Gasteiger partial charge in [0.2, 0.25) is 0 Å². The van der Waals surface area contributed by atoms with E-state index in [2.05, 4.69) is 51.1 Å². The zero-order valence-corrected chi connectivity index (χ0v) is 28.5. The van der Waals surface area contributed by atoms with Gasteiger partial charge in [-0.2, -0.15) is 0 Å². The predicted molar refractivity (Wildman–Crippen MR) is 185 cm³/mol. The highest BCUT2D eigenvalue weighted by Crippen LogP contribution is 2.36. The van der Waals surface area contributed by atoms with E-state index in [4.69, 9.17) is 20.9 Å². The molecular weight excluding hydrogens is 794 g/mol. The number of rotatable bonds is 8. The van der Waals surface area contributed by atoms with Crippen molar-refractivity contribution in [2.75, 3.05) is 19.5 Å². The van der Waals surface area contributed by atoms with Crippen molar-refractivity contribution >= 4 is 86.0 Å². The summed E-state index contributed by atoms with van der Waals surface area (Å²) in [7, 11) is 0. The number of carbonyl (C=O) groups is 1. The lowest BCUT2D eigenvalue weighted by Crippen LogP contribution is -2.40. The molecule has 6 nitrogen and oxygen atoms in total. The van der Waals surface area contributed by atoms with Crippen LogP contribution in [-0.2, 0) is 9.53 Å².